The summed E-state index contributed by atoms with van der Waals surface area (Å²) in [6, 6.07) is 5.87. The van der Waals surface area contributed by atoms with E-state index < -0.39 is 11.7 Å². The van der Waals surface area contributed by atoms with E-state index in [0.717, 1.165) is 11.3 Å². The standard InChI is InChI=1S/C16H20FNO2/c1-11(2)10-20-15-5-4-14-9-18(16(19)12(3)17)7-6-13(14)8-15/h4-5,8,11H,3,6-7,9-10H2,1-2H3. The van der Waals surface area contributed by atoms with Gasteiger partial charge in [0.05, 0.1) is 6.61 Å². The summed E-state index contributed by atoms with van der Waals surface area (Å²) >= 11 is 0. The Morgan fingerprint density at radius 1 is 1.45 bits per heavy atom. The second-order valence-electron chi connectivity index (χ2n) is 5.52. The Bertz CT molecular complexity index is 525. The number of rotatable bonds is 4. The Balaban J connectivity index is 2.07. The van der Waals surface area contributed by atoms with Gasteiger partial charge in [-0.05, 0) is 35.6 Å². The van der Waals surface area contributed by atoms with Gasteiger partial charge in [0.1, 0.15) is 5.75 Å². The lowest BCUT2D eigenvalue weighted by Crippen LogP contribution is -2.36. The molecule has 0 N–H and O–H groups in total. The molecular weight excluding hydrogens is 257 g/mol. The molecule has 1 aromatic carbocycles. The number of hydrogen-bond acceptors (Lipinski definition) is 2. The third-order valence-corrected chi connectivity index (χ3v) is 3.29. The second kappa shape index (κ2) is 6.07. The van der Waals surface area contributed by atoms with Crippen LogP contribution in [0.2, 0.25) is 0 Å². The average molecular weight is 277 g/mol. The van der Waals surface area contributed by atoms with Crippen molar-refractivity contribution in [1.29, 1.82) is 0 Å². The quantitative estimate of drug-likeness (QED) is 0.791. The first-order valence-corrected chi connectivity index (χ1v) is 6.85. The van der Waals surface area contributed by atoms with E-state index in [0.29, 0.717) is 32.0 Å². The third-order valence-electron chi connectivity index (χ3n) is 3.29. The molecule has 0 saturated heterocycles. The van der Waals surface area contributed by atoms with Crippen LogP contribution in [0.15, 0.2) is 30.6 Å². The highest BCUT2D eigenvalue weighted by Crippen LogP contribution is 2.25. The molecule has 1 aliphatic heterocycles. The molecule has 2 rings (SSSR count). The predicted molar refractivity (Wildman–Crippen MR) is 76.1 cm³/mol. The molecule has 0 atom stereocenters. The Labute approximate surface area is 119 Å². The van der Waals surface area contributed by atoms with Crippen LogP contribution < -0.4 is 4.74 Å². The number of hydrogen-bond donors (Lipinski definition) is 0. The second-order valence-corrected chi connectivity index (χ2v) is 5.52. The first-order valence-electron chi connectivity index (χ1n) is 6.85. The van der Waals surface area contributed by atoms with Gasteiger partial charge in [-0.2, -0.15) is 0 Å². The molecule has 1 aromatic rings. The van der Waals surface area contributed by atoms with Crippen molar-refractivity contribution in [2.75, 3.05) is 13.2 Å². The minimum Gasteiger partial charge on any atom is -0.493 e. The number of carbonyl (C=O) groups excluding carboxylic acids is 1. The predicted octanol–water partition coefficient (Wildman–Crippen LogP) is 3.09. The number of amides is 1. The third kappa shape index (κ3) is 3.38. The number of carbonyl (C=O) groups is 1. The first-order chi connectivity index (χ1) is 9.47. The Kier molecular flexibility index (Phi) is 4.42. The van der Waals surface area contributed by atoms with Crippen molar-refractivity contribution in [1.82, 2.24) is 4.90 Å². The van der Waals surface area contributed by atoms with Gasteiger partial charge in [-0.15, -0.1) is 0 Å². The zero-order chi connectivity index (χ0) is 14.7. The summed E-state index contributed by atoms with van der Waals surface area (Å²) in [7, 11) is 0. The zero-order valence-corrected chi connectivity index (χ0v) is 12.0. The van der Waals surface area contributed by atoms with Crippen molar-refractivity contribution in [2.45, 2.75) is 26.8 Å². The summed E-state index contributed by atoms with van der Waals surface area (Å²) in [6.45, 7) is 8.90. The Hall–Kier alpha value is -1.84. The van der Waals surface area contributed by atoms with Crippen LogP contribution in [-0.2, 0) is 17.8 Å². The number of benzene rings is 1. The van der Waals surface area contributed by atoms with Gasteiger partial charge in [-0.1, -0.05) is 26.5 Å². The van der Waals surface area contributed by atoms with Gasteiger partial charge in [-0.25, -0.2) is 4.39 Å². The minimum atomic E-state index is -0.898. The molecule has 3 nitrogen and oxygen atoms in total. The van der Waals surface area contributed by atoms with Crippen LogP contribution in [0.5, 0.6) is 5.75 Å². The molecule has 1 aliphatic rings. The van der Waals surface area contributed by atoms with Gasteiger partial charge in [0.2, 0.25) is 0 Å². The summed E-state index contributed by atoms with van der Waals surface area (Å²) < 4.78 is 18.6. The smallest absolute Gasteiger partial charge is 0.282 e. The molecule has 0 aromatic heterocycles. The highest BCUT2D eigenvalue weighted by molar-refractivity contribution is 5.90. The summed E-state index contributed by atoms with van der Waals surface area (Å²) in [4.78, 5) is 13.1. The fourth-order valence-electron chi connectivity index (χ4n) is 2.23. The molecule has 0 bridgehead atoms. The molecule has 0 fully saturated rings. The van der Waals surface area contributed by atoms with E-state index in [1.807, 2.05) is 18.2 Å². The highest BCUT2D eigenvalue weighted by Gasteiger charge is 2.22. The van der Waals surface area contributed by atoms with Crippen molar-refractivity contribution in [2.24, 2.45) is 5.92 Å². The molecule has 0 radical (unpaired) electrons. The number of ether oxygens (including phenoxy) is 1. The van der Waals surface area contributed by atoms with Crippen molar-refractivity contribution < 1.29 is 13.9 Å². The lowest BCUT2D eigenvalue weighted by Gasteiger charge is -2.28. The fourth-order valence-corrected chi connectivity index (χ4v) is 2.23. The van der Waals surface area contributed by atoms with E-state index in [9.17, 15) is 9.18 Å². The molecule has 108 valence electrons. The van der Waals surface area contributed by atoms with Crippen molar-refractivity contribution in [3.05, 3.63) is 41.7 Å². The van der Waals surface area contributed by atoms with E-state index in [-0.39, 0.29) is 0 Å². The first kappa shape index (κ1) is 14.6. The molecular formula is C16H20FNO2. The largest absolute Gasteiger partial charge is 0.493 e. The fraction of sp³-hybridized carbons (Fsp3) is 0.438. The minimum absolute atomic E-state index is 0.432. The van der Waals surface area contributed by atoms with E-state index >= 15 is 0 Å². The van der Waals surface area contributed by atoms with Crippen LogP contribution in [-0.4, -0.2) is 24.0 Å². The number of nitrogens with zero attached hydrogens (tertiary/aromatic N) is 1. The summed E-state index contributed by atoms with van der Waals surface area (Å²) in [6.07, 6.45) is 0.716. The van der Waals surface area contributed by atoms with Crippen LogP contribution in [0.4, 0.5) is 4.39 Å². The maximum Gasteiger partial charge on any atom is 0.282 e. The lowest BCUT2D eigenvalue weighted by molar-refractivity contribution is -0.129. The van der Waals surface area contributed by atoms with E-state index in [4.69, 9.17) is 4.74 Å². The van der Waals surface area contributed by atoms with E-state index in [2.05, 4.69) is 20.4 Å². The van der Waals surface area contributed by atoms with E-state index in [1.54, 1.807) is 0 Å². The Morgan fingerprint density at radius 3 is 2.85 bits per heavy atom. The molecule has 4 heteroatoms. The normalized spacial score (nSPS) is 14.1. The molecule has 0 unspecified atom stereocenters. The van der Waals surface area contributed by atoms with Gasteiger partial charge in [0.25, 0.3) is 5.91 Å². The van der Waals surface area contributed by atoms with Crippen LogP contribution in [0, 0.1) is 5.92 Å². The maximum absolute atomic E-state index is 12.9. The van der Waals surface area contributed by atoms with Gasteiger partial charge in [0.15, 0.2) is 5.83 Å². The van der Waals surface area contributed by atoms with Crippen LogP contribution >= 0.6 is 0 Å². The molecule has 0 spiro atoms. The molecule has 0 aliphatic carbocycles. The number of fused-ring (bicyclic) bond motifs is 1. The number of halogens is 1. The van der Waals surface area contributed by atoms with Gasteiger partial charge in [-0.3, -0.25) is 4.79 Å². The zero-order valence-electron chi connectivity index (χ0n) is 12.0. The van der Waals surface area contributed by atoms with Crippen LogP contribution in [0.1, 0.15) is 25.0 Å². The Morgan fingerprint density at radius 2 is 2.20 bits per heavy atom. The van der Waals surface area contributed by atoms with Gasteiger partial charge >= 0.3 is 0 Å². The molecule has 1 heterocycles. The molecule has 0 saturated carbocycles. The van der Waals surface area contributed by atoms with Crippen molar-refractivity contribution in [3.8, 4) is 5.75 Å². The maximum atomic E-state index is 12.9. The molecule has 20 heavy (non-hydrogen) atoms. The average Bonchev–Trinajstić information content (AvgIpc) is 2.43. The van der Waals surface area contributed by atoms with Crippen LogP contribution in [0.25, 0.3) is 0 Å². The lowest BCUT2D eigenvalue weighted by atomic mass is 9.99. The summed E-state index contributed by atoms with van der Waals surface area (Å²) in [5, 5.41) is 0. The molecule has 1 amide bonds. The summed E-state index contributed by atoms with van der Waals surface area (Å²) in [5.74, 6) is -0.178. The summed E-state index contributed by atoms with van der Waals surface area (Å²) in [5.41, 5.74) is 2.21. The van der Waals surface area contributed by atoms with E-state index in [1.165, 1.54) is 10.5 Å². The van der Waals surface area contributed by atoms with Crippen molar-refractivity contribution >= 4 is 5.91 Å². The highest BCUT2D eigenvalue weighted by atomic mass is 19.1. The van der Waals surface area contributed by atoms with Crippen molar-refractivity contribution in [3.63, 3.8) is 0 Å². The topological polar surface area (TPSA) is 29.5 Å². The van der Waals surface area contributed by atoms with Gasteiger partial charge < -0.3 is 9.64 Å². The SMILES string of the molecule is C=C(F)C(=O)N1CCc2cc(OCC(C)C)ccc2C1. The monoisotopic (exact) mass is 277 g/mol. The van der Waals surface area contributed by atoms with Gasteiger partial charge in [0, 0.05) is 13.1 Å². The van der Waals surface area contributed by atoms with Crippen LogP contribution in [0.3, 0.4) is 0 Å².